The zero-order valence-electron chi connectivity index (χ0n) is 19.0. The molecule has 0 bridgehead atoms. The first kappa shape index (κ1) is 24.5. The van der Waals surface area contributed by atoms with Crippen molar-refractivity contribution in [2.45, 2.75) is 135 Å². The van der Waals surface area contributed by atoms with E-state index in [4.69, 9.17) is 4.74 Å². The highest BCUT2D eigenvalue weighted by molar-refractivity contribution is 6.74. The maximum Gasteiger partial charge on any atom is 0.237 e. The monoisotopic (exact) mass is 379 g/mol. The van der Waals surface area contributed by atoms with Gasteiger partial charge in [-0.2, -0.15) is 0 Å². The fourth-order valence-electron chi connectivity index (χ4n) is 3.89. The summed E-state index contributed by atoms with van der Waals surface area (Å²) in [6.45, 7) is 11.3. The molecule has 1 N–H and O–H groups in total. The molecule has 0 aromatic rings. The van der Waals surface area contributed by atoms with Gasteiger partial charge in [-0.05, 0) is 40.5 Å². The molecule has 1 saturated carbocycles. The number of amides is 1. The number of nitrogens with one attached hydrogen (secondary N) is 1. The molecule has 1 fully saturated rings. The average molecular weight is 379 g/mol. The Hall–Kier alpha value is -0.505. The molecule has 1 aliphatic rings. The first-order chi connectivity index (χ1) is 12.7. The maximum absolute atomic E-state index is 12.7. The van der Waals surface area contributed by atoms with Gasteiger partial charge in [0.25, 0.3) is 0 Å². The van der Waals surface area contributed by atoms with Crippen LogP contribution in [0.5, 0.6) is 0 Å². The fourth-order valence-corrected chi connectivity index (χ4v) is 3.89. The van der Waals surface area contributed by atoms with E-state index >= 15 is 0 Å². The van der Waals surface area contributed by atoms with Gasteiger partial charge >= 0.3 is 0 Å². The highest BCUT2D eigenvalue weighted by Gasteiger charge is 2.25. The largest absolute Gasteiger partial charge is 0.375 e. The van der Waals surface area contributed by atoms with Crippen molar-refractivity contribution in [3.63, 3.8) is 0 Å². The summed E-state index contributed by atoms with van der Waals surface area (Å²) in [7, 11) is 0.699. The lowest BCUT2D eigenvalue weighted by atomic mass is 9.59. The van der Waals surface area contributed by atoms with Gasteiger partial charge in [-0.25, -0.2) is 0 Å². The van der Waals surface area contributed by atoms with Crippen molar-refractivity contribution >= 4 is 13.1 Å². The standard InChI is InChI=1S/C23H46BNO2/c1-6-23(4,5)27-19-18-22(2,3)25-21(26)24-20-16-14-12-10-8-7-9-11-13-15-17-20/h20,24H,6-19H2,1-5H3,(H,25,26). The Bertz CT molecular complexity index is 397. The van der Waals surface area contributed by atoms with E-state index < -0.39 is 0 Å². The molecule has 1 amide bonds. The summed E-state index contributed by atoms with van der Waals surface area (Å²) in [5.41, 5.74) is -0.278. The van der Waals surface area contributed by atoms with Crippen molar-refractivity contribution in [1.82, 2.24) is 5.32 Å². The summed E-state index contributed by atoms with van der Waals surface area (Å²) in [6, 6.07) is 0. The van der Waals surface area contributed by atoms with E-state index in [1.807, 2.05) is 0 Å². The molecule has 0 atom stereocenters. The Morgan fingerprint density at radius 3 is 1.89 bits per heavy atom. The number of hydrogen-bond acceptors (Lipinski definition) is 2. The van der Waals surface area contributed by atoms with E-state index in [1.165, 1.54) is 70.6 Å². The Morgan fingerprint density at radius 2 is 1.41 bits per heavy atom. The molecular formula is C23H46BNO2. The van der Waals surface area contributed by atoms with E-state index in [0.717, 1.165) is 12.8 Å². The Morgan fingerprint density at radius 1 is 0.926 bits per heavy atom. The third-order valence-corrected chi connectivity index (χ3v) is 6.25. The number of carbonyl (C=O) groups excluding carboxylic acids is 1. The van der Waals surface area contributed by atoms with Gasteiger partial charge < -0.3 is 10.1 Å². The van der Waals surface area contributed by atoms with Crippen molar-refractivity contribution < 1.29 is 9.53 Å². The van der Waals surface area contributed by atoms with Gasteiger partial charge in [-0.15, -0.1) is 0 Å². The highest BCUT2D eigenvalue weighted by Crippen LogP contribution is 2.25. The second kappa shape index (κ2) is 12.9. The van der Waals surface area contributed by atoms with Crippen LogP contribution in [-0.4, -0.2) is 30.8 Å². The van der Waals surface area contributed by atoms with E-state index in [1.54, 1.807) is 0 Å². The normalized spacial score (nSPS) is 19.0. The third-order valence-electron chi connectivity index (χ3n) is 6.25. The second-order valence-corrected chi connectivity index (χ2v) is 9.97. The fraction of sp³-hybridized carbons (Fsp3) is 0.957. The first-order valence-electron chi connectivity index (χ1n) is 11.7. The Kier molecular flexibility index (Phi) is 11.7. The molecule has 0 spiro atoms. The quantitative estimate of drug-likeness (QED) is 0.483. The van der Waals surface area contributed by atoms with Crippen LogP contribution in [0.3, 0.4) is 0 Å². The molecule has 3 nitrogen and oxygen atoms in total. The zero-order valence-corrected chi connectivity index (χ0v) is 19.0. The number of rotatable bonds is 8. The molecule has 0 saturated heterocycles. The smallest absolute Gasteiger partial charge is 0.237 e. The molecule has 1 rings (SSSR count). The van der Waals surface area contributed by atoms with Crippen molar-refractivity contribution in [2.75, 3.05) is 6.61 Å². The van der Waals surface area contributed by atoms with Gasteiger partial charge in [0.15, 0.2) is 5.81 Å². The molecule has 0 aromatic heterocycles. The summed E-state index contributed by atoms with van der Waals surface area (Å²) in [5.74, 6) is 0.794. The molecule has 158 valence electrons. The van der Waals surface area contributed by atoms with Crippen LogP contribution in [-0.2, 0) is 4.74 Å². The van der Waals surface area contributed by atoms with Crippen LogP contribution >= 0.6 is 0 Å². The third kappa shape index (κ3) is 12.5. The van der Waals surface area contributed by atoms with Gasteiger partial charge in [-0.1, -0.05) is 83.4 Å². The van der Waals surface area contributed by atoms with Crippen LogP contribution in [0.25, 0.3) is 0 Å². The zero-order chi connectivity index (χ0) is 20.2. The van der Waals surface area contributed by atoms with E-state index in [2.05, 4.69) is 39.9 Å². The molecule has 4 heteroatoms. The van der Waals surface area contributed by atoms with E-state index in [-0.39, 0.29) is 16.9 Å². The molecule has 0 aromatic carbocycles. The number of carbonyl (C=O) groups is 1. The lowest BCUT2D eigenvalue weighted by molar-refractivity contribution is -0.0268. The number of hydrogen-bond donors (Lipinski definition) is 1. The van der Waals surface area contributed by atoms with Crippen LogP contribution in [0.2, 0.25) is 5.82 Å². The summed E-state index contributed by atoms with van der Waals surface area (Å²) in [5, 5.41) is 3.28. The maximum atomic E-state index is 12.7. The molecule has 0 unspecified atom stereocenters. The van der Waals surface area contributed by atoms with E-state index in [9.17, 15) is 4.79 Å². The van der Waals surface area contributed by atoms with Crippen molar-refractivity contribution in [2.24, 2.45) is 0 Å². The molecule has 27 heavy (non-hydrogen) atoms. The highest BCUT2D eigenvalue weighted by atomic mass is 16.5. The van der Waals surface area contributed by atoms with Crippen LogP contribution in [0.1, 0.15) is 118 Å². The Labute approximate surface area is 170 Å². The van der Waals surface area contributed by atoms with Crippen LogP contribution in [0.15, 0.2) is 0 Å². The minimum atomic E-state index is -0.202. The van der Waals surface area contributed by atoms with Crippen molar-refractivity contribution in [3.8, 4) is 0 Å². The van der Waals surface area contributed by atoms with Gasteiger partial charge in [0.1, 0.15) is 0 Å². The van der Waals surface area contributed by atoms with Crippen molar-refractivity contribution in [3.05, 3.63) is 0 Å². The predicted molar refractivity (Wildman–Crippen MR) is 119 cm³/mol. The first-order valence-corrected chi connectivity index (χ1v) is 11.7. The minimum absolute atomic E-state index is 0.0756. The minimum Gasteiger partial charge on any atom is -0.375 e. The molecular weight excluding hydrogens is 333 g/mol. The predicted octanol–water partition coefficient (Wildman–Crippen LogP) is 6.60. The van der Waals surface area contributed by atoms with Gasteiger partial charge in [-0.3, -0.25) is 4.79 Å². The van der Waals surface area contributed by atoms with Crippen LogP contribution < -0.4 is 5.32 Å². The Balaban J connectivity index is 2.39. The van der Waals surface area contributed by atoms with Crippen LogP contribution in [0.4, 0.5) is 4.79 Å². The average Bonchev–Trinajstić information content (AvgIpc) is 2.56. The summed E-state index contributed by atoms with van der Waals surface area (Å²) in [4.78, 5) is 12.7. The molecule has 0 heterocycles. The van der Waals surface area contributed by atoms with Crippen LogP contribution in [0, 0.1) is 0 Å². The van der Waals surface area contributed by atoms with E-state index in [0.29, 0.717) is 19.7 Å². The lowest BCUT2D eigenvalue weighted by Crippen LogP contribution is -2.46. The van der Waals surface area contributed by atoms with Gasteiger partial charge in [0, 0.05) is 12.1 Å². The molecule has 1 aliphatic carbocycles. The second-order valence-electron chi connectivity index (χ2n) is 9.97. The van der Waals surface area contributed by atoms with Gasteiger partial charge in [0.05, 0.1) is 5.60 Å². The van der Waals surface area contributed by atoms with Gasteiger partial charge in [0.2, 0.25) is 7.28 Å². The topological polar surface area (TPSA) is 38.3 Å². The summed E-state index contributed by atoms with van der Waals surface area (Å²) in [6.07, 6.45) is 16.5. The summed E-state index contributed by atoms with van der Waals surface area (Å²) < 4.78 is 5.97. The molecule has 0 radical (unpaired) electrons. The summed E-state index contributed by atoms with van der Waals surface area (Å²) >= 11 is 0. The lowest BCUT2D eigenvalue weighted by Gasteiger charge is -2.30. The number of ether oxygens (including phenoxy) is 1. The SMILES string of the molecule is CCC(C)(C)OCCC(C)(C)NC(=O)BC1CCCCCCCCCCC1. The van der Waals surface area contributed by atoms with Crippen molar-refractivity contribution in [1.29, 1.82) is 0 Å². The molecule has 0 aliphatic heterocycles.